The Hall–Kier alpha value is -3.93. The van der Waals surface area contributed by atoms with Crippen LogP contribution in [0.25, 0.3) is 22.2 Å². The molecule has 242 valence electrons. The highest BCUT2D eigenvalue weighted by atomic mass is 16.2. The van der Waals surface area contributed by atoms with Crippen LogP contribution in [-0.2, 0) is 29.0 Å². The van der Waals surface area contributed by atoms with Gasteiger partial charge in [0.15, 0.2) is 0 Å². The van der Waals surface area contributed by atoms with E-state index in [1.54, 1.807) is 0 Å². The molecule has 0 radical (unpaired) electrons. The minimum absolute atomic E-state index is 0.0632. The highest BCUT2D eigenvalue weighted by Crippen LogP contribution is 2.31. The van der Waals surface area contributed by atoms with Gasteiger partial charge in [-0.3, -0.25) is 9.59 Å². The molecule has 0 atom stereocenters. The van der Waals surface area contributed by atoms with Crippen molar-refractivity contribution in [1.82, 2.24) is 19.8 Å². The van der Waals surface area contributed by atoms with Gasteiger partial charge in [0.1, 0.15) is 12.4 Å². The lowest BCUT2D eigenvalue weighted by Crippen LogP contribution is -2.50. The van der Waals surface area contributed by atoms with Crippen molar-refractivity contribution >= 4 is 22.8 Å². The normalized spacial score (nSPS) is 16.0. The van der Waals surface area contributed by atoms with Crippen molar-refractivity contribution in [3.05, 3.63) is 90.3 Å². The Kier molecular flexibility index (Phi) is 11.2. The molecule has 0 bridgehead atoms. The lowest BCUT2D eigenvalue weighted by molar-refractivity contribution is -0.138. The summed E-state index contributed by atoms with van der Waals surface area (Å²) in [5, 5.41) is 3.10. The van der Waals surface area contributed by atoms with Crippen LogP contribution in [0.2, 0.25) is 0 Å². The fourth-order valence-electron chi connectivity index (χ4n) is 7.64. The van der Waals surface area contributed by atoms with Gasteiger partial charge in [-0.1, -0.05) is 112 Å². The number of para-hydroxylation sites is 2. The Labute approximate surface area is 274 Å². The summed E-state index contributed by atoms with van der Waals surface area (Å²) >= 11 is 0. The van der Waals surface area contributed by atoms with Crippen molar-refractivity contribution in [2.75, 3.05) is 6.54 Å². The van der Waals surface area contributed by atoms with Crippen LogP contribution in [0.15, 0.2) is 78.9 Å². The minimum atomic E-state index is 0.0632. The standard InChI is InChI=1S/C40H50N4O2/c45-39(29-31-24-26-33(27-25-31)32-15-5-1-6-16-32)41-28-14-4-11-23-38-42-36-21-12-13-22-37(36)43(38)30-40(46)44(34-17-7-2-8-18-34)35-19-9-3-10-20-35/h1,5-6,12-13,15-16,21-22,24-27,34-35H,2-4,7-11,14,17-20,23,28-30H2,(H,41,45). The number of carbonyl (C=O) groups excluding carboxylic acids is 2. The zero-order valence-electron chi connectivity index (χ0n) is 27.3. The van der Waals surface area contributed by atoms with E-state index in [0.717, 1.165) is 79.4 Å². The summed E-state index contributed by atoms with van der Waals surface area (Å²) in [6, 6.07) is 27.6. The Balaban J connectivity index is 1.00. The lowest BCUT2D eigenvalue weighted by atomic mass is 9.88. The molecule has 2 aliphatic rings. The van der Waals surface area contributed by atoms with E-state index in [1.165, 1.54) is 44.1 Å². The van der Waals surface area contributed by atoms with Gasteiger partial charge in [0.25, 0.3) is 0 Å². The van der Waals surface area contributed by atoms with Gasteiger partial charge in [-0.25, -0.2) is 4.98 Å². The van der Waals surface area contributed by atoms with E-state index in [0.29, 0.717) is 31.6 Å². The molecule has 4 aromatic rings. The fourth-order valence-corrected chi connectivity index (χ4v) is 7.64. The van der Waals surface area contributed by atoms with Gasteiger partial charge in [-0.2, -0.15) is 0 Å². The summed E-state index contributed by atoms with van der Waals surface area (Å²) in [5.74, 6) is 1.35. The van der Waals surface area contributed by atoms with E-state index in [4.69, 9.17) is 4.98 Å². The lowest BCUT2D eigenvalue weighted by Gasteiger charge is -2.42. The summed E-state index contributed by atoms with van der Waals surface area (Å²) in [7, 11) is 0. The van der Waals surface area contributed by atoms with E-state index >= 15 is 0 Å². The van der Waals surface area contributed by atoms with Gasteiger partial charge < -0.3 is 14.8 Å². The molecule has 2 amide bonds. The molecular formula is C40H50N4O2. The van der Waals surface area contributed by atoms with Crippen LogP contribution >= 0.6 is 0 Å². The van der Waals surface area contributed by atoms with Gasteiger partial charge >= 0.3 is 0 Å². The number of rotatable bonds is 13. The summed E-state index contributed by atoms with van der Waals surface area (Å²) in [5.41, 5.74) is 5.39. The molecule has 0 aliphatic heterocycles. The minimum Gasteiger partial charge on any atom is -0.356 e. The summed E-state index contributed by atoms with van der Waals surface area (Å²) in [6.07, 6.45) is 16.3. The zero-order chi connectivity index (χ0) is 31.6. The number of carbonyl (C=O) groups is 2. The Morgan fingerprint density at radius 2 is 1.35 bits per heavy atom. The number of benzene rings is 3. The first kappa shape index (κ1) is 32.0. The molecule has 1 N–H and O–H groups in total. The number of nitrogens with zero attached hydrogens (tertiary/aromatic N) is 3. The van der Waals surface area contributed by atoms with E-state index in [9.17, 15) is 9.59 Å². The highest BCUT2D eigenvalue weighted by molar-refractivity contribution is 5.82. The molecule has 46 heavy (non-hydrogen) atoms. The van der Waals surface area contributed by atoms with E-state index in [-0.39, 0.29) is 11.8 Å². The number of aryl methyl sites for hydroxylation is 1. The van der Waals surface area contributed by atoms with E-state index in [1.807, 2.05) is 36.4 Å². The average Bonchev–Trinajstić information content (AvgIpc) is 3.44. The zero-order valence-corrected chi connectivity index (χ0v) is 27.3. The molecule has 2 fully saturated rings. The number of amides is 2. The average molecular weight is 619 g/mol. The maximum Gasteiger partial charge on any atom is 0.243 e. The van der Waals surface area contributed by atoms with Crippen LogP contribution in [0, 0.1) is 0 Å². The Bertz CT molecular complexity index is 1530. The number of nitrogens with one attached hydrogen (secondary N) is 1. The molecule has 6 rings (SSSR count). The largest absolute Gasteiger partial charge is 0.356 e. The molecule has 6 nitrogen and oxygen atoms in total. The smallest absolute Gasteiger partial charge is 0.243 e. The van der Waals surface area contributed by atoms with Gasteiger partial charge in [0.2, 0.25) is 11.8 Å². The second-order valence-corrected chi connectivity index (χ2v) is 13.4. The second-order valence-electron chi connectivity index (χ2n) is 13.4. The molecule has 2 saturated carbocycles. The third kappa shape index (κ3) is 8.26. The molecule has 6 heteroatoms. The van der Waals surface area contributed by atoms with Crippen molar-refractivity contribution in [2.45, 2.75) is 115 Å². The number of aromatic nitrogens is 2. The molecule has 1 aromatic heterocycles. The predicted octanol–water partition coefficient (Wildman–Crippen LogP) is 8.27. The topological polar surface area (TPSA) is 67.2 Å². The maximum atomic E-state index is 14.1. The first-order chi connectivity index (χ1) is 22.7. The molecule has 1 heterocycles. The number of hydrogen-bond acceptors (Lipinski definition) is 3. The van der Waals surface area contributed by atoms with Crippen LogP contribution < -0.4 is 5.32 Å². The first-order valence-corrected chi connectivity index (χ1v) is 17.8. The molecule has 0 spiro atoms. The number of imidazole rings is 1. The number of unbranched alkanes of at least 4 members (excludes halogenated alkanes) is 2. The fraction of sp³-hybridized carbons (Fsp3) is 0.475. The summed E-state index contributed by atoms with van der Waals surface area (Å²) in [4.78, 5) is 34.0. The monoisotopic (exact) mass is 618 g/mol. The van der Waals surface area contributed by atoms with Gasteiger partial charge in [0.05, 0.1) is 17.5 Å². The van der Waals surface area contributed by atoms with Gasteiger partial charge in [-0.05, 0) is 67.3 Å². The Morgan fingerprint density at radius 3 is 2.04 bits per heavy atom. The van der Waals surface area contributed by atoms with Crippen LogP contribution in [0.3, 0.4) is 0 Å². The van der Waals surface area contributed by atoms with Crippen LogP contribution in [0.1, 0.15) is 94.9 Å². The molecule has 0 saturated heterocycles. The van der Waals surface area contributed by atoms with Crippen molar-refractivity contribution in [2.24, 2.45) is 0 Å². The van der Waals surface area contributed by atoms with E-state index < -0.39 is 0 Å². The van der Waals surface area contributed by atoms with Crippen LogP contribution in [0.5, 0.6) is 0 Å². The first-order valence-electron chi connectivity index (χ1n) is 17.8. The predicted molar refractivity (Wildman–Crippen MR) is 186 cm³/mol. The van der Waals surface area contributed by atoms with Crippen molar-refractivity contribution in [1.29, 1.82) is 0 Å². The molecule has 0 unspecified atom stereocenters. The number of fused-ring (bicyclic) bond motifs is 1. The van der Waals surface area contributed by atoms with Gasteiger partial charge in [0, 0.05) is 25.0 Å². The summed E-state index contributed by atoms with van der Waals surface area (Å²) < 4.78 is 2.20. The number of hydrogen-bond donors (Lipinski definition) is 1. The van der Waals surface area contributed by atoms with Crippen LogP contribution in [0.4, 0.5) is 0 Å². The van der Waals surface area contributed by atoms with Crippen molar-refractivity contribution in [3.8, 4) is 11.1 Å². The highest BCUT2D eigenvalue weighted by Gasteiger charge is 2.33. The van der Waals surface area contributed by atoms with Crippen molar-refractivity contribution in [3.63, 3.8) is 0 Å². The van der Waals surface area contributed by atoms with E-state index in [2.05, 4.69) is 57.2 Å². The second kappa shape index (κ2) is 16.1. The van der Waals surface area contributed by atoms with Crippen molar-refractivity contribution < 1.29 is 9.59 Å². The third-order valence-corrected chi connectivity index (χ3v) is 10.1. The summed E-state index contributed by atoms with van der Waals surface area (Å²) in [6.45, 7) is 1.05. The Morgan fingerprint density at radius 1 is 0.717 bits per heavy atom. The quantitative estimate of drug-likeness (QED) is 0.153. The van der Waals surface area contributed by atoms with Crippen LogP contribution in [-0.4, -0.2) is 44.9 Å². The maximum absolute atomic E-state index is 14.1. The third-order valence-electron chi connectivity index (χ3n) is 10.1. The van der Waals surface area contributed by atoms with Gasteiger partial charge in [-0.15, -0.1) is 0 Å². The SMILES string of the molecule is O=C(Cc1ccc(-c2ccccc2)cc1)NCCCCCc1nc2ccccc2n1CC(=O)N(C1CCCCC1)C1CCCCC1. The molecule has 3 aromatic carbocycles. The molecular weight excluding hydrogens is 568 g/mol. The molecule has 2 aliphatic carbocycles.